The van der Waals surface area contributed by atoms with Crippen molar-refractivity contribution < 1.29 is 13.0 Å². The highest BCUT2D eigenvalue weighted by Gasteiger charge is 2.23. The minimum absolute atomic E-state index is 0.0525. The van der Waals surface area contributed by atoms with E-state index in [1.165, 1.54) is 10.9 Å². The fourth-order valence-electron chi connectivity index (χ4n) is 2.04. The Bertz CT molecular complexity index is 905. The number of benzene rings is 1. The highest BCUT2D eigenvalue weighted by atomic mass is 32.2. The fraction of sp³-hybridized carbons (Fsp3) is 0.0833. The zero-order chi connectivity index (χ0) is 15.0. The summed E-state index contributed by atoms with van der Waals surface area (Å²) in [6.45, 7) is 0.183. The molecule has 1 aromatic carbocycles. The first-order valence-corrected chi connectivity index (χ1v) is 7.39. The number of aromatic nitrogens is 4. The van der Waals surface area contributed by atoms with Crippen molar-refractivity contribution in [2.45, 2.75) is 11.7 Å². The summed E-state index contributed by atoms with van der Waals surface area (Å²) in [5, 5.41) is -0.506. The quantitative estimate of drug-likeness (QED) is 0.682. The number of nitrogens with zero attached hydrogens (tertiary/aromatic N) is 4. The fourth-order valence-corrected chi connectivity index (χ4v) is 2.68. The smallest absolute Gasteiger partial charge is 0.328 e. The lowest BCUT2D eigenvalue weighted by atomic mass is 10.2. The number of nitrogen functional groups attached to an aromatic ring is 1. The van der Waals surface area contributed by atoms with Gasteiger partial charge in [-0.15, -0.1) is 0 Å². The Labute approximate surface area is 120 Å². The van der Waals surface area contributed by atoms with Gasteiger partial charge in [0, 0.05) is 0 Å². The molecule has 0 saturated heterocycles. The molecule has 0 radical (unpaired) electrons. The number of rotatable bonds is 3. The molecular weight excluding hydrogens is 294 g/mol. The number of hydrogen-bond donors (Lipinski definition) is 2. The summed E-state index contributed by atoms with van der Waals surface area (Å²) in [5.74, 6) is 0.0525. The van der Waals surface area contributed by atoms with Crippen molar-refractivity contribution in [1.29, 1.82) is 0 Å². The van der Waals surface area contributed by atoms with Crippen LogP contribution < -0.4 is 5.73 Å². The summed E-state index contributed by atoms with van der Waals surface area (Å²) in [4.78, 5) is 11.6. The van der Waals surface area contributed by atoms with Crippen LogP contribution in [0.3, 0.4) is 0 Å². The van der Waals surface area contributed by atoms with Gasteiger partial charge in [-0.2, -0.15) is 8.42 Å². The van der Waals surface area contributed by atoms with E-state index >= 15 is 0 Å². The van der Waals surface area contributed by atoms with Gasteiger partial charge in [-0.25, -0.2) is 15.0 Å². The second-order valence-corrected chi connectivity index (χ2v) is 5.69. The van der Waals surface area contributed by atoms with E-state index in [4.69, 9.17) is 5.73 Å². The lowest BCUT2D eigenvalue weighted by Crippen LogP contribution is -2.11. The summed E-state index contributed by atoms with van der Waals surface area (Å²) in [7, 11) is -4.50. The van der Waals surface area contributed by atoms with E-state index in [2.05, 4.69) is 15.0 Å². The first-order chi connectivity index (χ1) is 9.97. The van der Waals surface area contributed by atoms with Gasteiger partial charge in [-0.3, -0.25) is 9.12 Å². The topological polar surface area (TPSA) is 124 Å². The number of nitrogens with two attached hydrogens (primary N) is 1. The molecule has 8 nitrogen and oxygen atoms in total. The Kier molecular flexibility index (Phi) is 3.07. The third kappa shape index (κ3) is 2.43. The predicted octanol–water partition coefficient (Wildman–Crippen LogP) is 0.703. The van der Waals surface area contributed by atoms with E-state index in [9.17, 15) is 13.0 Å². The maximum atomic E-state index is 11.5. The second-order valence-electron chi connectivity index (χ2n) is 4.37. The minimum Gasteiger partial charge on any atom is -0.382 e. The van der Waals surface area contributed by atoms with E-state index < -0.39 is 15.3 Å². The normalized spacial score (nSPS) is 11.9. The van der Waals surface area contributed by atoms with Gasteiger partial charge in [-0.1, -0.05) is 30.3 Å². The van der Waals surface area contributed by atoms with Crippen LogP contribution in [0.25, 0.3) is 11.2 Å². The molecule has 0 unspecified atom stereocenters. The van der Waals surface area contributed by atoms with Crippen LogP contribution in [0.1, 0.15) is 5.56 Å². The maximum Gasteiger partial charge on any atom is 0.328 e. The monoisotopic (exact) mass is 305 g/mol. The lowest BCUT2D eigenvalue weighted by molar-refractivity contribution is 0.467. The largest absolute Gasteiger partial charge is 0.382 e. The van der Waals surface area contributed by atoms with Crippen LogP contribution in [0, 0.1) is 0 Å². The second kappa shape index (κ2) is 4.79. The van der Waals surface area contributed by atoms with Gasteiger partial charge >= 0.3 is 10.1 Å². The van der Waals surface area contributed by atoms with Crippen molar-refractivity contribution in [2.24, 2.45) is 0 Å². The predicted molar refractivity (Wildman–Crippen MR) is 75.1 cm³/mol. The SMILES string of the molecule is Nc1ncnc2c1nc(S(=O)(=O)O)n2Cc1ccccc1. The van der Waals surface area contributed by atoms with Crippen molar-refractivity contribution in [3.8, 4) is 0 Å². The number of imidazole rings is 1. The van der Waals surface area contributed by atoms with Crippen LogP contribution in [0.2, 0.25) is 0 Å². The van der Waals surface area contributed by atoms with Gasteiger partial charge in [-0.05, 0) is 5.56 Å². The molecule has 108 valence electrons. The van der Waals surface area contributed by atoms with Gasteiger partial charge in [0.2, 0.25) is 0 Å². The van der Waals surface area contributed by atoms with Gasteiger partial charge in [0.1, 0.15) is 6.33 Å². The van der Waals surface area contributed by atoms with E-state index in [0.717, 1.165) is 5.56 Å². The molecule has 3 aromatic rings. The Hall–Kier alpha value is -2.52. The van der Waals surface area contributed by atoms with E-state index in [-0.39, 0.29) is 23.5 Å². The highest BCUT2D eigenvalue weighted by molar-refractivity contribution is 7.85. The van der Waals surface area contributed by atoms with E-state index in [1.807, 2.05) is 30.3 Å². The van der Waals surface area contributed by atoms with Crippen molar-refractivity contribution in [1.82, 2.24) is 19.5 Å². The van der Waals surface area contributed by atoms with Crippen molar-refractivity contribution in [3.63, 3.8) is 0 Å². The van der Waals surface area contributed by atoms with Crippen molar-refractivity contribution >= 4 is 27.1 Å². The molecule has 3 N–H and O–H groups in total. The van der Waals surface area contributed by atoms with Crippen molar-refractivity contribution in [2.75, 3.05) is 5.73 Å². The summed E-state index contributed by atoms with van der Waals surface area (Å²) in [5.41, 5.74) is 6.89. The molecule has 0 amide bonds. The average molecular weight is 305 g/mol. The number of anilines is 1. The first-order valence-electron chi connectivity index (χ1n) is 5.95. The first kappa shape index (κ1) is 13.5. The Balaban J connectivity index is 2.26. The lowest BCUT2D eigenvalue weighted by Gasteiger charge is -2.06. The van der Waals surface area contributed by atoms with Crippen LogP contribution >= 0.6 is 0 Å². The molecule has 9 heteroatoms. The molecule has 0 aliphatic heterocycles. The molecule has 0 saturated carbocycles. The van der Waals surface area contributed by atoms with Crippen LogP contribution in [0.5, 0.6) is 0 Å². The Morgan fingerprint density at radius 3 is 2.57 bits per heavy atom. The van der Waals surface area contributed by atoms with Crippen molar-refractivity contribution in [3.05, 3.63) is 42.2 Å². The molecule has 3 rings (SSSR count). The minimum atomic E-state index is -4.50. The summed E-state index contributed by atoms with van der Waals surface area (Å²) >= 11 is 0. The number of hydrogen-bond acceptors (Lipinski definition) is 6. The molecule has 0 bridgehead atoms. The standard InChI is InChI=1S/C12H11N5O3S/c13-10-9-11(15-7-14-10)17(12(16-9)21(18,19)20)6-8-4-2-1-3-5-8/h1-5,7H,6H2,(H2,13,14,15)(H,18,19,20). The van der Waals surface area contributed by atoms with Crippen LogP contribution in [-0.4, -0.2) is 32.5 Å². The van der Waals surface area contributed by atoms with E-state index in [1.54, 1.807) is 0 Å². The van der Waals surface area contributed by atoms with Gasteiger partial charge < -0.3 is 5.73 Å². The molecule has 2 aromatic heterocycles. The van der Waals surface area contributed by atoms with Gasteiger partial charge in [0.25, 0.3) is 5.16 Å². The molecule has 0 aliphatic carbocycles. The third-order valence-electron chi connectivity index (χ3n) is 2.94. The van der Waals surface area contributed by atoms with Gasteiger partial charge in [0.05, 0.1) is 6.54 Å². The van der Waals surface area contributed by atoms with Crippen LogP contribution in [0.4, 0.5) is 5.82 Å². The molecule has 2 heterocycles. The van der Waals surface area contributed by atoms with E-state index in [0.29, 0.717) is 0 Å². The average Bonchev–Trinajstić information content (AvgIpc) is 2.80. The zero-order valence-electron chi connectivity index (χ0n) is 10.7. The molecular formula is C12H11N5O3S. The van der Waals surface area contributed by atoms with Crippen LogP contribution in [0.15, 0.2) is 41.8 Å². The number of fused-ring (bicyclic) bond motifs is 1. The zero-order valence-corrected chi connectivity index (χ0v) is 11.5. The highest BCUT2D eigenvalue weighted by Crippen LogP contribution is 2.22. The third-order valence-corrected chi connectivity index (χ3v) is 3.71. The molecule has 0 aliphatic rings. The molecule has 0 spiro atoms. The molecule has 0 atom stereocenters. The Morgan fingerprint density at radius 2 is 1.90 bits per heavy atom. The molecule has 0 fully saturated rings. The maximum absolute atomic E-state index is 11.5. The summed E-state index contributed by atoms with van der Waals surface area (Å²) < 4.78 is 33.6. The summed E-state index contributed by atoms with van der Waals surface area (Å²) in [6, 6.07) is 9.14. The Morgan fingerprint density at radius 1 is 1.19 bits per heavy atom. The van der Waals surface area contributed by atoms with Crippen LogP contribution in [-0.2, 0) is 16.7 Å². The summed E-state index contributed by atoms with van der Waals surface area (Å²) in [6.07, 6.45) is 1.22. The van der Waals surface area contributed by atoms with Gasteiger partial charge in [0.15, 0.2) is 17.0 Å². The molecule has 21 heavy (non-hydrogen) atoms.